The van der Waals surface area contributed by atoms with Gasteiger partial charge in [-0.1, -0.05) is 30.3 Å². The lowest BCUT2D eigenvalue weighted by molar-refractivity contribution is 0.207. The van der Waals surface area contributed by atoms with Gasteiger partial charge < -0.3 is 0 Å². The van der Waals surface area contributed by atoms with Gasteiger partial charge in [0.1, 0.15) is 0 Å². The lowest BCUT2D eigenvalue weighted by Gasteiger charge is -2.13. The number of halogens is 1. The summed E-state index contributed by atoms with van der Waals surface area (Å²) in [6, 6.07) is 9.91. The first-order valence-electron chi connectivity index (χ1n) is 4.80. The monoisotopic (exact) mass is 246 g/mol. The minimum Gasteiger partial charge on any atom is -0.188 e. The molecule has 0 amide bonds. The van der Waals surface area contributed by atoms with Crippen LogP contribution in [0.25, 0.3) is 0 Å². The number of rotatable bonds is 1. The third-order valence-electron chi connectivity index (χ3n) is 2.79. The summed E-state index contributed by atoms with van der Waals surface area (Å²) < 4.78 is 7.23. The van der Waals surface area contributed by atoms with Gasteiger partial charge in [0.25, 0.3) is 0 Å². The molecule has 5 heteroatoms. The lowest BCUT2D eigenvalue weighted by atomic mass is 10.0. The molecule has 1 aromatic carbocycles. The molecule has 0 bridgehead atoms. The van der Waals surface area contributed by atoms with Crippen molar-refractivity contribution >= 4 is 18.5 Å². The predicted octanol–water partition coefficient (Wildman–Crippen LogP) is 2.99. The van der Waals surface area contributed by atoms with Gasteiger partial charge in [-0.15, -0.1) is 4.67 Å². The normalized spacial score (nSPS) is 37.1. The van der Waals surface area contributed by atoms with Gasteiger partial charge in [0, 0.05) is 7.05 Å². The molecule has 0 spiro atoms. The van der Waals surface area contributed by atoms with Crippen LogP contribution in [-0.2, 0) is 4.52 Å². The zero-order valence-electron chi connectivity index (χ0n) is 8.67. The number of benzene rings is 1. The second kappa shape index (κ2) is 4.00. The molecule has 82 valence electrons. The van der Waals surface area contributed by atoms with Crippen molar-refractivity contribution in [2.24, 2.45) is 0 Å². The molecule has 1 aliphatic heterocycles. The molecule has 0 saturated carbocycles. The minimum absolute atomic E-state index is 0.0863. The van der Waals surface area contributed by atoms with E-state index in [2.05, 4.69) is 0 Å². The number of likely N-dealkylation sites (N-methyl/N-ethyl adjacent to an activating group) is 1. The Morgan fingerprint density at radius 2 is 2.00 bits per heavy atom. The molecule has 3 nitrogen and oxygen atoms in total. The molecule has 0 aromatic heterocycles. The average molecular weight is 247 g/mol. The summed E-state index contributed by atoms with van der Waals surface area (Å²) in [4.78, 5) is 9.85. The standard InChI is InChI=1S/C10H14ClNO2P/c1-8-10(9-6-4-3-5-7-9)14-15(11,13)12(8)2/h3-8,10,13H,1-2H3/q+1. The number of hydrogen-bond donors (Lipinski definition) is 1. The molecular weight excluding hydrogens is 233 g/mol. The van der Waals surface area contributed by atoms with Crippen LogP contribution in [-0.4, -0.2) is 22.7 Å². The Bertz CT molecular complexity index is 347. The summed E-state index contributed by atoms with van der Waals surface area (Å²) in [7, 11) is -1.07. The molecule has 0 radical (unpaired) electrons. The highest BCUT2D eigenvalue weighted by Crippen LogP contribution is 2.72. The average Bonchev–Trinajstić information content (AvgIpc) is 2.44. The highest BCUT2D eigenvalue weighted by molar-refractivity contribution is 7.89. The third kappa shape index (κ3) is 2.03. The minimum atomic E-state index is -2.86. The molecule has 1 saturated heterocycles. The van der Waals surface area contributed by atoms with Crippen LogP contribution in [0.3, 0.4) is 0 Å². The SMILES string of the molecule is CC1C(c2ccccc2)O[P+](O)(Cl)N1C. The lowest BCUT2D eigenvalue weighted by Crippen LogP contribution is -2.23. The Hall–Kier alpha value is -0.180. The van der Waals surface area contributed by atoms with Crippen LogP contribution >= 0.6 is 18.5 Å². The highest BCUT2D eigenvalue weighted by Gasteiger charge is 2.58. The Balaban J connectivity index is 2.27. The van der Waals surface area contributed by atoms with Crippen LogP contribution in [0.5, 0.6) is 0 Å². The molecule has 3 unspecified atom stereocenters. The maximum atomic E-state index is 9.85. The summed E-state index contributed by atoms with van der Waals surface area (Å²) >= 11 is 5.93. The van der Waals surface area contributed by atoms with Crippen LogP contribution in [0.15, 0.2) is 30.3 Å². The Labute approximate surface area is 95.0 Å². The number of nitrogens with zero attached hydrogens (tertiary/aromatic N) is 1. The summed E-state index contributed by atoms with van der Waals surface area (Å²) in [5, 5.41) is 0. The van der Waals surface area contributed by atoms with E-state index >= 15 is 0 Å². The van der Waals surface area contributed by atoms with Crippen molar-refractivity contribution < 1.29 is 9.42 Å². The van der Waals surface area contributed by atoms with Crippen LogP contribution in [0.1, 0.15) is 18.6 Å². The second-order valence-corrected chi connectivity index (χ2v) is 6.83. The van der Waals surface area contributed by atoms with E-state index in [4.69, 9.17) is 15.8 Å². The van der Waals surface area contributed by atoms with E-state index in [1.807, 2.05) is 37.3 Å². The maximum Gasteiger partial charge on any atom is 0.455 e. The fourth-order valence-corrected chi connectivity index (χ4v) is 3.69. The molecule has 3 atom stereocenters. The fraction of sp³-hybridized carbons (Fsp3) is 0.400. The van der Waals surface area contributed by atoms with Gasteiger partial charge in [-0.25, -0.2) is 0 Å². The van der Waals surface area contributed by atoms with Crippen molar-refractivity contribution in [2.75, 3.05) is 7.05 Å². The van der Waals surface area contributed by atoms with Crippen LogP contribution in [0.4, 0.5) is 0 Å². The van der Waals surface area contributed by atoms with E-state index < -0.39 is 7.22 Å². The third-order valence-corrected chi connectivity index (χ3v) is 5.38. The Morgan fingerprint density at radius 3 is 2.47 bits per heavy atom. The second-order valence-electron chi connectivity index (χ2n) is 3.72. The summed E-state index contributed by atoms with van der Waals surface area (Å²) in [5.74, 6) is 0. The van der Waals surface area contributed by atoms with Gasteiger partial charge in [0.2, 0.25) is 0 Å². The van der Waals surface area contributed by atoms with E-state index in [-0.39, 0.29) is 12.1 Å². The predicted molar refractivity (Wildman–Crippen MR) is 62.5 cm³/mol. The Morgan fingerprint density at radius 1 is 1.40 bits per heavy atom. The molecular formula is C10H14ClNO2P+. The van der Waals surface area contributed by atoms with Crippen molar-refractivity contribution in [1.82, 2.24) is 4.67 Å². The number of hydrogen-bond acceptors (Lipinski definition) is 3. The van der Waals surface area contributed by atoms with Crippen molar-refractivity contribution in [3.63, 3.8) is 0 Å². The molecule has 15 heavy (non-hydrogen) atoms. The van der Waals surface area contributed by atoms with E-state index in [1.54, 1.807) is 11.7 Å². The molecule has 2 rings (SSSR count). The van der Waals surface area contributed by atoms with Crippen molar-refractivity contribution in [1.29, 1.82) is 0 Å². The zero-order valence-corrected chi connectivity index (χ0v) is 10.3. The van der Waals surface area contributed by atoms with Crippen molar-refractivity contribution in [3.05, 3.63) is 35.9 Å². The van der Waals surface area contributed by atoms with Crippen molar-refractivity contribution in [2.45, 2.75) is 19.1 Å². The van der Waals surface area contributed by atoms with Gasteiger partial charge in [-0.2, -0.15) is 9.42 Å². The van der Waals surface area contributed by atoms with Gasteiger partial charge in [-0.05, 0) is 12.5 Å². The maximum absolute atomic E-state index is 9.85. The van der Waals surface area contributed by atoms with Crippen LogP contribution in [0.2, 0.25) is 0 Å². The molecule has 0 aliphatic carbocycles. The quantitative estimate of drug-likeness (QED) is 0.774. The van der Waals surface area contributed by atoms with Gasteiger partial charge >= 0.3 is 7.22 Å². The fourth-order valence-electron chi connectivity index (χ4n) is 1.71. The molecule has 1 heterocycles. The first-order valence-corrected chi connectivity index (χ1v) is 7.32. The van der Waals surface area contributed by atoms with Crippen LogP contribution < -0.4 is 0 Å². The van der Waals surface area contributed by atoms with Gasteiger partial charge in [0.15, 0.2) is 17.3 Å². The largest absolute Gasteiger partial charge is 0.455 e. The molecule has 1 aliphatic rings. The first kappa shape index (κ1) is 11.3. The summed E-state index contributed by atoms with van der Waals surface area (Å²) in [6.07, 6.45) is -0.146. The smallest absolute Gasteiger partial charge is 0.188 e. The summed E-state index contributed by atoms with van der Waals surface area (Å²) in [6.45, 7) is 2.00. The van der Waals surface area contributed by atoms with Gasteiger partial charge in [0.05, 0.1) is 6.04 Å². The molecule has 1 aromatic rings. The summed E-state index contributed by atoms with van der Waals surface area (Å²) in [5.41, 5.74) is 1.05. The van der Waals surface area contributed by atoms with E-state index in [0.29, 0.717) is 0 Å². The molecule has 1 N–H and O–H groups in total. The van der Waals surface area contributed by atoms with Crippen molar-refractivity contribution in [3.8, 4) is 0 Å². The zero-order chi connectivity index (χ0) is 11.1. The topological polar surface area (TPSA) is 32.7 Å². The van der Waals surface area contributed by atoms with Gasteiger partial charge in [-0.3, -0.25) is 0 Å². The Kier molecular flexibility index (Phi) is 3.02. The van der Waals surface area contributed by atoms with E-state index in [0.717, 1.165) is 5.56 Å². The molecule has 1 fully saturated rings. The van der Waals surface area contributed by atoms with E-state index in [9.17, 15) is 4.89 Å². The highest BCUT2D eigenvalue weighted by atomic mass is 35.7. The van der Waals surface area contributed by atoms with Crippen LogP contribution in [0, 0.1) is 0 Å². The first-order chi connectivity index (χ1) is 7.02. The van der Waals surface area contributed by atoms with E-state index in [1.165, 1.54) is 0 Å².